The number of rotatable bonds is 3. The largest absolute Gasteiger partial charge is 0.475 e. The Balaban J connectivity index is 2.88. The predicted octanol–water partition coefficient (Wildman–Crippen LogP) is 1.03. The van der Waals surface area contributed by atoms with Crippen molar-refractivity contribution >= 4 is 0 Å². The average molecular weight is 181 g/mol. The van der Waals surface area contributed by atoms with Crippen molar-refractivity contribution in [3.05, 3.63) is 17.6 Å². The van der Waals surface area contributed by atoms with Crippen LogP contribution in [0.25, 0.3) is 0 Å². The molecule has 2 N–H and O–H groups in total. The molecule has 0 fully saturated rings. The van der Waals surface area contributed by atoms with E-state index in [2.05, 4.69) is 9.97 Å². The molecule has 13 heavy (non-hydrogen) atoms. The summed E-state index contributed by atoms with van der Waals surface area (Å²) in [7, 11) is 0. The van der Waals surface area contributed by atoms with Crippen LogP contribution in [0.5, 0.6) is 5.88 Å². The molecule has 4 nitrogen and oxygen atoms in total. The van der Waals surface area contributed by atoms with E-state index in [1.165, 1.54) is 0 Å². The lowest BCUT2D eigenvalue weighted by atomic mass is 10.4. The summed E-state index contributed by atoms with van der Waals surface area (Å²) in [4.78, 5) is 8.28. The highest BCUT2D eigenvalue weighted by molar-refractivity contribution is 5.16. The number of hydrogen-bond donors (Lipinski definition) is 1. The molecule has 0 aliphatic heterocycles. The van der Waals surface area contributed by atoms with Gasteiger partial charge in [-0.05, 0) is 20.8 Å². The van der Waals surface area contributed by atoms with Crippen LogP contribution in [0.3, 0.4) is 0 Å². The summed E-state index contributed by atoms with van der Waals surface area (Å²) in [5.74, 6) is 1.29. The molecule has 1 aromatic heterocycles. The first-order chi connectivity index (χ1) is 6.11. The molecule has 72 valence electrons. The molecule has 0 aromatic carbocycles. The Bertz CT molecular complexity index is 286. The molecule has 0 bridgehead atoms. The van der Waals surface area contributed by atoms with E-state index in [4.69, 9.17) is 10.5 Å². The highest BCUT2D eigenvalue weighted by Gasteiger charge is 2.02. The van der Waals surface area contributed by atoms with E-state index in [1.807, 2.05) is 20.8 Å². The van der Waals surface area contributed by atoms with E-state index in [1.54, 1.807) is 6.07 Å². The van der Waals surface area contributed by atoms with Crippen molar-refractivity contribution in [3.63, 3.8) is 0 Å². The number of nitrogens with zero attached hydrogens (tertiary/aromatic N) is 2. The van der Waals surface area contributed by atoms with Gasteiger partial charge < -0.3 is 10.5 Å². The first-order valence-corrected chi connectivity index (χ1v) is 4.33. The minimum Gasteiger partial charge on any atom is -0.475 e. The topological polar surface area (TPSA) is 61.0 Å². The summed E-state index contributed by atoms with van der Waals surface area (Å²) < 4.78 is 5.43. The van der Waals surface area contributed by atoms with Gasteiger partial charge >= 0.3 is 0 Å². The van der Waals surface area contributed by atoms with Crippen LogP contribution in [0.2, 0.25) is 0 Å². The van der Waals surface area contributed by atoms with E-state index in [0.29, 0.717) is 18.2 Å². The number of hydrogen-bond acceptors (Lipinski definition) is 4. The third kappa shape index (κ3) is 2.99. The molecule has 1 heterocycles. The van der Waals surface area contributed by atoms with E-state index in [0.717, 1.165) is 5.69 Å². The van der Waals surface area contributed by atoms with Gasteiger partial charge in [-0.25, -0.2) is 4.98 Å². The van der Waals surface area contributed by atoms with Crippen LogP contribution < -0.4 is 10.5 Å². The summed E-state index contributed by atoms with van der Waals surface area (Å²) in [6.45, 7) is 6.16. The van der Waals surface area contributed by atoms with Crippen LogP contribution in [0.15, 0.2) is 6.07 Å². The maximum atomic E-state index is 5.47. The van der Waals surface area contributed by atoms with Crippen LogP contribution in [-0.4, -0.2) is 16.1 Å². The van der Waals surface area contributed by atoms with Crippen LogP contribution in [0, 0.1) is 6.92 Å². The number of aromatic nitrogens is 2. The van der Waals surface area contributed by atoms with Gasteiger partial charge in [0.05, 0.1) is 11.8 Å². The summed E-state index contributed by atoms with van der Waals surface area (Å²) in [5.41, 5.74) is 6.28. The predicted molar refractivity (Wildman–Crippen MR) is 50.4 cm³/mol. The van der Waals surface area contributed by atoms with Gasteiger partial charge in [-0.15, -0.1) is 0 Å². The van der Waals surface area contributed by atoms with Gasteiger partial charge in [-0.1, -0.05) is 0 Å². The molecule has 1 aromatic rings. The zero-order chi connectivity index (χ0) is 9.84. The minimum atomic E-state index is 0.125. The Morgan fingerprint density at radius 3 is 2.69 bits per heavy atom. The number of aryl methyl sites for hydroxylation is 1. The van der Waals surface area contributed by atoms with Crippen molar-refractivity contribution < 1.29 is 4.74 Å². The lowest BCUT2D eigenvalue weighted by Gasteiger charge is -2.09. The zero-order valence-corrected chi connectivity index (χ0v) is 8.24. The van der Waals surface area contributed by atoms with Crippen molar-refractivity contribution in [2.24, 2.45) is 5.73 Å². The maximum Gasteiger partial charge on any atom is 0.217 e. The molecule has 0 radical (unpaired) electrons. The normalized spacial score (nSPS) is 10.5. The quantitative estimate of drug-likeness (QED) is 0.756. The summed E-state index contributed by atoms with van der Waals surface area (Å²) in [6, 6.07) is 1.77. The van der Waals surface area contributed by atoms with Crippen molar-refractivity contribution in [1.82, 2.24) is 9.97 Å². The first kappa shape index (κ1) is 9.92. The van der Waals surface area contributed by atoms with Gasteiger partial charge in [0, 0.05) is 12.6 Å². The van der Waals surface area contributed by atoms with Gasteiger partial charge in [-0.2, -0.15) is 4.98 Å². The second kappa shape index (κ2) is 4.18. The zero-order valence-electron chi connectivity index (χ0n) is 8.24. The fourth-order valence-corrected chi connectivity index (χ4v) is 1.01. The molecule has 0 aliphatic rings. The molecular weight excluding hydrogens is 166 g/mol. The van der Waals surface area contributed by atoms with Crippen LogP contribution in [-0.2, 0) is 6.54 Å². The standard InChI is InChI=1S/C9H15N3O/c1-6(2)13-9-4-8(5-10)11-7(3)12-9/h4,6H,5,10H2,1-3H3. The van der Waals surface area contributed by atoms with E-state index >= 15 is 0 Å². The van der Waals surface area contributed by atoms with E-state index in [-0.39, 0.29) is 6.10 Å². The third-order valence-electron chi connectivity index (χ3n) is 1.43. The van der Waals surface area contributed by atoms with Gasteiger partial charge in [0.25, 0.3) is 0 Å². The fraction of sp³-hybridized carbons (Fsp3) is 0.556. The summed E-state index contributed by atoms with van der Waals surface area (Å²) in [6.07, 6.45) is 0.125. The number of nitrogens with two attached hydrogens (primary N) is 1. The Labute approximate surface area is 78.1 Å². The molecule has 0 unspecified atom stereocenters. The van der Waals surface area contributed by atoms with Gasteiger partial charge in [-0.3, -0.25) is 0 Å². The van der Waals surface area contributed by atoms with Gasteiger partial charge in [0.1, 0.15) is 5.82 Å². The van der Waals surface area contributed by atoms with Crippen molar-refractivity contribution in [2.45, 2.75) is 33.4 Å². The molecule has 0 spiro atoms. The molecule has 0 atom stereocenters. The minimum absolute atomic E-state index is 0.125. The monoisotopic (exact) mass is 181 g/mol. The first-order valence-electron chi connectivity index (χ1n) is 4.33. The third-order valence-corrected chi connectivity index (χ3v) is 1.43. The van der Waals surface area contributed by atoms with Crippen molar-refractivity contribution in [1.29, 1.82) is 0 Å². The van der Waals surface area contributed by atoms with Crippen LogP contribution in [0.1, 0.15) is 25.4 Å². The van der Waals surface area contributed by atoms with Crippen LogP contribution in [0.4, 0.5) is 0 Å². The highest BCUT2D eigenvalue weighted by atomic mass is 16.5. The summed E-state index contributed by atoms with van der Waals surface area (Å²) >= 11 is 0. The SMILES string of the molecule is Cc1nc(CN)cc(OC(C)C)n1. The maximum absolute atomic E-state index is 5.47. The molecule has 0 saturated heterocycles. The Kier molecular flexibility index (Phi) is 3.19. The second-order valence-corrected chi connectivity index (χ2v) is 3.12. The Morgan fingerprint density at radius 2 is 2.15 bits per heavy atom. The Hall–Kier alpha value is -1.16. The lowest BCUT2D eigenvalue weighted by molar-refractivity contribution is 0.231. The summed E-state index contributed by atoms with van der Waals surface area (Å²) in [5, 5.41) is 0. The molecule has 0 saturated carbocycles. The molecular formula is C9H15N3O. The second-order valence-electron chi connectivity index (χ2n) is 3.12. The molecule has 0 aliphatic carbocycles. The van der Waals surface area contributed by atoms with Gasteiger partial charge in [0.15, 0.2) is 0 Å². The lowest BCUT2D eigenvalue weighted by Crippen LogP contribution is -2.10. The smallest absolute Gasteiger partial charge is 0.217 e. The van der Waals surface area contributed by atoms with Crippen LogP contribution >= 0.6 is 0 Å². The molecule has 0 amide bonds. The van der Waals surface area contributed by atoms with E-state index < -0.39 is 0 Å². The fourth-order valence-electron chi connectivity index (χ4n) is 1.01. The van der Waals surface area contributed by atoms with Gasteiger partial charge in [0.2, 0.25) is 5.88 Å². The number of ether oxygens (including phenoxy) is 1. The molecule has 1 rings (SSSR count). The Morgan fingerprint density at radius 1 is 1.46 bits per heavy atom. The van der Waals surface area contributed by atoms with Crippen molar-refractivity contribution in [2.75, 3.05) is 0 Å². The highest BCUT2D eigenvalue weighted by Crippen LogP contribution is 2.10. The average Bonchev–Trinajstić information content (AvgIpc) is 2.01. The van der Waals surface area contributed by atoms with Crippen molar-refractivity contribution in [3.8, 4) is 5.88 Å². The molecule has 4 heteroatoms. The van der Waals surface area contributed by atoms with E-state index in [9.17, 15) is 0 Å².